The van der Waals surface area contributed by atoms with Gasteiger partial charge in [0.25, 0.3) is 0 Å². The van der Waals surface area contributed by atoms with Crippen molar-refractivity contribution in [1.29, 1.82) is 0 Å². The molecule has 0 bridgehead atoms. The molecule has 1 heterocycles. The molecule has 1 saturated carbocycles. The van der Waals surface area contributed by atoms with E-state index in [1.165, 1.54) is 38.5 Å². The molecule has 19 heavy (non-hydrogen) atoms. The Kier molecular flexibility index (Phi) is 4.91. The first-order valence-corrected chi connectivity index (χ1v) is 7.97. The molecule has 0 aromatic carbocycles. The molecule has 2 fully saturated rings. The van der Waals surface area contributed by atoms with Crippen LogP contribution in [0, 0.1) is 11.3 Å². The predicted molar refractivity (Wildman–Crippen MR) is 80.2 cm³/mol. The molecule has 1 saturated heterocycles. The molecule has 3 heteroatoms. The van der Waals surface area contributed by atoms with Gasteiger partial charge >= 0.3 is 0 Å². The van der Waals surface area contributed by atoms with Crippen LogP contribution in [0.5, 0.6) is 0 Å². The summed E-state index contributed by atoms with van der Waals surface area (Å²) in [7, 11) is 2.28. The number of nitrogens with zero attached hydrogens (tertiary/aromatic N) is 1. The van der Waals surface area contributed by atoms with E-state index >= 15 is 0 Å². The van der Waals surface area contributed by atoms with Crippen molar-refractivity contribution in [1.82, 2.24) is 4.90 Å². The van der Waals surface area contributed by atoms with Crippen molar-refractivity contribution in [2.75, 3.05) is 33.4 Å². The average molecular weight is 268 g/mol. The van der Waals surface area contributed by atoms with Crippen LogP contribution in [0.1, 0.15) is 52.4 Å². The third kappa shape index (κ3) is 3.71. The van der Waals surface area contributed by atoms with Gasteiger partial charge in [-0.25, -0.2) is 0 Å². The number of hydrogen-bond donors (Lipinski definition) is 1. The number of hydrogen-bond acceptors (Lipinski definition) is 3. The van der Waals surface area contributed by atoms with Gasteiger partial charge < -0.3 is 10.5 Å². The van der Waals surface area contributed by atoms with Crippen molar-refractivity contribution >= 4 is 0 Å². The summed E-state index contributed by atoms with van der Waals surface area (Å²) in [5.74, 6) is 0.706. The van der Waals surface area contributed by atoms with Crippen LogP contribution in [-0.2, 0) is 4.74 Å². The van der Waals surface area contributed by atoms with E-state index in [-0.39, 0.29) is 5.54 Å². The van der Waals surface area contributed by atoms with Crippen molar-refractivity contribution in [3.63, 3.8) is 0 Å². The first-order valence-electron chi connectivity index (χ1n) is 7.97. The van der Waals surface area contributed by atoms with Gasteiger partial charge in [-0.05, 0) is 56.9 Å². The molecule has 0 aromatic heterocycles. The van der Waals surface area contributed by atoms with Crippen LogP contribution < -0.4 is 5.73 Å². The lowest BCUT2D eigenvalue weighted by molar-refractivity contribution is -0.00298. The highest BCUT2D eigenvalue weighted by atomic mass is 16.5. The summed E-state index contributed by atoms with van der Waals surface area (Å²) in [6.07, 6.45) is 7.64. The largest absolute Gasteiger partial charge is 0.381 e. The highest BCUT2D eigenvalue weighted by Crippen LogP contribution is 2.42. The molecular weight excluding hydrogens is 236 g/mol. The average Bonchev–Trinajstić information content (AvgIpc) is 2.40. The molecule has 0 spiro atoms. The smallest absolute Gasteiger partial charge is 0.0506 e. The molecule has 1 atom stereocenters. The minimum atomic E-state index is 0.243. The molecule has 0 aromatic rings. The molecular formula is C16H32N2O. The minimum absolute atomic E-state index is 0.243. The summed E-state index contributed by atoms with van der Waals surface area (Å²) in [6, 6.07) is 0. The van der Waals surface area contributed by atoms with Gasteiger partial charge in [-0.2, -0.15) is 0 Å². The van der Waals surface area contributed by atoms with Gasteiger partial charge in [-0.3, -0.25) is 4.90 Å². The van der Waals surface area contributed by atoms with Crippen LogP contribution >= 0.6 is 0 Å². The Bertz CT molecular complexity index is 274. The molecule has 0 radical (unpaired) electrons. The van der Waals surface area contributed by atoms with E-state index in [0.717, 1.165) is 26.3 Å². The number of likely N-dealkylation sites (N-methyl/N-ethyl adjacent to an activating group) is 1. The second kappa shape index (κ2) is 6.11. The topological polar surface area (TPSA) is 38.5 Å². The van der Waals surface area contributed by atoms with Crippen LogP contribution in [-0.4, -0.2) is 43.8 Å². The van der Waals surface area contributed by atoms with Gasteiger partial charge in [0.15, 0.2) is 0 Å². The first kappa shape index (κ1) is 15.3. The van der Waals surface area contributed by atoms with Crippen molar-refractivity contribution in [3.8, 4) is 0 Å². The van der Waals surface area contributed by atoms with E-state index in [1.807, 2.05) is 0 Å². The maximum absolute atomic E-state index is 6.16. The maximum Gasteiger partial charge on any atom is 0.0506 e. The van der Waals surface area contributed by atoms with Crippen molar-refractivity contribution in [2.24, 2.45) is 17.1 Å². The van der Waals surface area contributed by atoms with Crippen molar-refractivity contribution in [2.45, 2.75) is 57.9 Å². The Morgan fingerprint density at radius 2 is 1.89 bits per heavy atom. The van der Waals surface area contributed by atoms with E-state index in [1.54, 1.807) is 0 Å². The summed E-state index contributed by atoms with van der Waals surface area (Å²) < 4.78 is 5.61. The molecule has 2 rings (SSSR count). The Morgan fingerprint density at radius 1 is 1.21 bits per heavy atom. The molecule has 1 aliphatic carbocycles. The van der Waals surface area contributed by atoms with Crippen LogP contribution in [0.2, 0.25) is 0 Å². The van der Waals surface area contributed by atoms with Crippen LogP contribution in [0.15, 0.2) is 0 Å². The Balaban J connectivity index is 1.92. The molecule has 2 aliphatic rings. The van der Waals surface area contributed by atoms with E-state index in [2.05, 4.69) is 25.8 Å². The zero-order valence-corrected chi connectivity index (χ0v) is 13.1. The quantitative estimate of drug-likeness (QED) is 0.852. The first-order chi connectivity index (χ1) is 8.97. The highest BCUT2D eigenvalue weighted by molar-refractivity contribution is 4.97. The molecule has 1 unspecified atom stereocenters. The molecule has 2 N–H and O–H groups in total. The van der Waals surface area contributed by atoms with Gasteiger partial charge in [-0.15, -0.1) is 0 Å². The van der Waals surface area contributed by atoms with Gasteiger partial charge in [0.2, 0.25) is 0 Å². The van der Waals surface area contributed by atoms with Gasteiger partial charge in [0.05, 0.1) is 6.61 Å². The summed E-state index contributed by atoms with van der Waals surface area (Å²) in [5.41, 5.74) is 6.91. The van der Waals surface area contributed by atoms with Gasteiger partial charge in [0.1, 0.15) is 0 Å². The van der Waals surface area contributed by atoms with Crippen LogP contribution in [0.4, 0.5) is 0 Å². The third-order valence-corrected chi connectivity index (χ3v) is 5.51. The molecule has 0 amide bonds. The Labute approximate surface area is 118 Å². The standard InChI is InChI=1S/C16H32N2O/c1-15(2)6-8-16(13-17,9-7-15)18(3)11-14-5-4-10-19-12-14/h14H,4-13,17H2,1-3H3. The fourth-order valence-electron chi connectivity index (χ4n) is 3.67. The SMILES string of the molecule is CN(CC1CCCOC1)C1(CN)CCC(C)(C)CC1. The van der Waals surface area contributed by atoms with E-state index in [4.69, 9.17) is 10.5 Å². The number of rotatable bonds is 4. The molecule has 3 nitrogen and oxygen atoms in total. The fourth-order valence-corrected chi connectivity index (χ4v) is 3.67. The summed E-state index contributed by atoms with van der Waals surface area (Å²) >= 11 is 0. The fraction of sp³-hybridized carbons (Fsp3) is 1.00. The van der Waals surface area contributed by atoms with E-state index in [9.17, 15) is 0 Å². The normalized spacial score (nSPS) is 30.5. The second-order valence-corrected chi connectivity index (χ2v) is 7.56. The highest BCUT2D eigenvalue weighted by Gasteiger charge is 2.40. The van der Waals surface area contributed by atoms with E-state index in [0.29, 0.717) is 11.3 Å². The number of ether oxygens (including phenoxy) is 1. The van der Waals surface area contributed by atoms with E-state index < -0.39 is 0 Å². The van der Waals surface area contributed by atoms with Gasteiger partial charge in [0, 0.05) is 25.2 Å². The third-order valence-electron chi connectivity index (χ3n) is 5.51. The lowest BCUT2D eigenvalue weighted by Crippen LogP contribution is -2.56. The zero-order valence-electron chi connectivity index (χ0n) is 13.1. The monoisotopic (exact) mass is 268 g/mol. The summed E-state index contributed by atoms with van der Waals surface area (Å²) in [6.45, 7) is 8.63. The lowest BCUT2D eigenvalue weighted by Gasteiger charge is -2.49. The maximum atomic E-state index is 6.16. The minimum Gasteiger partial charge on any atom is -0.381 e. The lowest BCUT2D eigenvalue weighted by atomic mass is 9.68. The molecule has 112 valence electrons. The Morgan fingerprint density at radius 3 is 2.42 bits per heavy atom. The number of nitrogens with two attached hydrogens (primary N) is 1. The summed E-state index contributed by atoms with van der Waals surface area (Å²) in [4.78, 5) is 2.56. The predicted octanol–water partition coefficient (Wildman–Crippen LogP) is 2.64. The molecule has 1 aliphatic heterocycles. The van der Waals surface area contributed by atoms with Crippen molar-refractivity contribution in [3.05, 3.63) is 0 Å². The van der Waals surface area contributed by atoms with Crippen LogP contribution in [0.25, 0.3) is 0 Å². The Hall–Kier alpha value is -0.120. The van der Waals surface area contributed by atoms with Crippen molar-refractivity contribution < 1.29 is 4.74 Å². The van der Waals surface area contributed by atoms with Gasteiger partial charge in [-0.1, -0.05) is 13.8 Å². The second-order valence-electron chi connectivity index (χ2n) is 7.56. The summed E-state index contributed by atoms with van der Waals surface area (Å²) in [5, 5.41) is 0. The zero-order chi connectivity index (χ0) is 13.9. The van der Waals surface area contributed by atoms with Crippen LogP contribution in [0.3, 0.4) is 0 Å².